The molecule has 8 bridgehead atoms. The standard InChI is InChI=1S/C46H35F12N7O6/c47-32-29(33(48)39(54)44(38(32)53)59-9-15(69)12-66)26-20-3-1-18(62-20)19-2-4-21(63-19)27(30-34(49)40(55)45(41(56)35(30)50)60-10-16(70)13-67)23-6-8-25(65-23)28(24-7-5-22(26)64-24)31-36(51)42(57)46(43(58)37(31)52)61-11-17(71)14-68/h1-8,15-17,59-64,66-71H,9-14H2/t15-,16-,17-/m0/s1. The van der Waals surface area contributed by atoms with Gasteiger partial charge in [0.15, 0.2) is 69.8 Å². The van der Waals surface area contributed by atoms with Gasteiger partial charge in [-0.3, -0.25) is 0 Å². The van der Waals surface area contributed by atoms with Crippen LogP contribution < -0.4 is 16.0 Å². The number of aliphatic hydroxyl groups is 6. The zero-order chi connectivity index (χ0) is 51.3. The van der Waals surface area contributed by atoms with Crippen LogP contribution in [0.5, 0.6) is 0 Å². The summed E-state index contributed by atoms with van der Waals surface area (Å²) in [5.74, 6) is -24.9. The molecule has 0 unspecified atom stereocenters. The molecule has 3 atom stereocenters. The van der Waals surface area contributed by atoms with E-state index < -0.39 is 206 Å². The number of H-pyrrole nitrogens is 3. The number of hydrogen-bond acceptors (Lipinski definition) is 10. The van der Waals surface area contributed by atoms with Crippen molar-refractivity contribution in [2.75, 3.05) is 55.4 Å². The van der Waals surface area contributed by atoms with Crippen molar-refractivity contribution in [1.82, 2.24) is 19.9 Å². The quantitative estimate of drug-likeness (QED) is 0.0356. The molecule has 0 spiro atoms. The van der Waals surface area contributed by atoms with Gasteiger partial charge in [-0.15, -0.1) is 0 Å². The lowest BCUT2D eigenvalue weighted by Gasteiger charge is -2.16. The van der Waals surface area contributed by atoms with E-state index in [1.807, 2.05) is 16.0 Å². The fourth-order valence-corrected chi connectivity index (χ4v) is 7.81. The van der Waals surface area contributed by atoms with E-state index in [1.165, 1.54) is 12.1 Å². The monoisotopic (exact) mass is 1010 g/mol. The number of benzene rings is 3. The molecule has 8 rings (SSSR count). The average molecular weight is 1010 g/mol. The number of aromatic amines is 3. The van der Waals surface area contributed by atoms with Crippen molar-refractivity contribution in [2.24, 2.45) is 0 Å². The lowest BCUT2D eigenvalue weighted by molar-refractivity contribution is 0.105. The van der Waals surface area contributed by atoms with Gasteiger partial charge in [0.25, 0.3) is 0 Å². The Hall–Kier alpha value is -7.29. The molecule has 71 heavy (non-hydrogen) atoms. The molecule has 0 amide bonds. The Kier molecular flexibility index (Phi) is 14.0. The molecule has 3 aromatic carbocycles. The van der Waals surface area contributed by atoms with Crippen molar-refractivity contribution in [2.45, 2.75) is 18.3 Å². The number of hydrogen-bond donors (Lipinski definition) is 12. The summed E-state index contributed by atoms with van der Waals surface area (Å²) in [6, 6.07) is 6.59. The van der Waals surface area contributed by atoms with Gasteiger partial charge in [0.2, 0.25) is 0 Å². The Morgan fingerprint density at radius 3 is 0.873 bits per heavy atom. The van der Waals surface area contributed by atoms with E-state index in [0.29, 0.717) is 0 Å². The molecule has 1 aliphatic heterocycles. The lowest BCUT2D eigenvalue weighted by Crippen LogP contribution is -2.24. The van der Waals surface area contributed by atoms with Crippen LogP contribution in [0.2, 0.25) is 0 Å². The topological polar surface area (TPSA) is 218 Å². The summed E-state index contributed by atoms with van der Waals surface area (Å²) in [7, 11) is 0. The van der Waals surface area contributed by atoms with Crippen molar-refractivity contribution < 1.29 is 83.3 Å². The maximum atomic E-state index is 16.5. The van der Waals surface area contributed by atoms with Gasteiger partial charge >= 0.3 is 0 Å². The summed E-state index contributed by atoms with van der Waals surface area (Å²) < 4.78 is 194. The molecule has 13 nitrogen and oxygen atoms in total. The molecule has 0 fully saturated rings. The predicted molar refractivity (Wildman–Crippen MR) is 236 cm³/mol. The van der Waals surface area contributed by atoms with Gasteiger partial charge in [0.1, 0.15) is 17.1 Å². The number of nitrogens with one attached hydrogen (secondary N) is 6. The molecule has 0 saturated carbocycles. The second kappa shape index (κ2) is 19.8. The summed E-state index contributed by atoms with van der Waals surface area (Å²) in [6.07, 6.45) is -3.16. The number of anilines is 3. The smallest absolute Gasteiger partial charge is 0.185 e. The minimum absolute atomic E-state index is 0.0400. The van der Waals surface area contributed by atoms with Gasteiger partial charge in [-0.2, -0.15) is 0 Å². The Balaban J connectivity index is 1.52. The Bertz CT molecular complexity index is 3330. The van der Waals surface area contributed by atoms with Crippen LogP contribution in [0.1, 0.15) is 11.4 Å². The van der Waals surface area contributed by atoms with Crippen LogP contribution in [-0.4, -0.2) is 108 Å². The Morgan fingerprint density at radius 2 is 0.592 bits per heavy atom. The molecule has 1 aliphatic rings. The Labute approximate surface area is 389 Å². The number of rotatable bonds is 15. The van der Waals surface area contributed by atoms with Gasteiger partial charge < -0.3 is 61.5 Å². The highest BCUT2D eigenvalue weighted by Gasteiger charge is 2.33. The molecule has 0 saturated heterocycles. The van der Waals surface area contributed by atoms with Crippen LogP contribution in [0, 0.1) is 69.8 Å². The van der Waals surface area contributed by atoms with Crippen molar-refractivity contribution >= 4 is 62.3 Å². The highest BCUT2D eigenvalue weighted by Crippen LogP contribution is 2.44. The van der Waals surface area contributed by atoms with Gasteiger partial charge in [0, 0.05) is 58.4 Å². The lowest BCUT2D eigenvalue weighted by atomic mass is 10.0. The summed E-state index contributed by atoms with van der Waals surface area (Å²) in [5.41, 5.74) is -14.6. The van der Waals surface area contributed by atoms with E-state index in [-0.39, 0.29) is 16.6 Å². The molecule has 0 aliphatic carbocycles. The first kappa shape index (κ1) is 50.1. The average Bonchev–Trinajstić information content (AvgIpc) is 4.22. The van der Waals surface area contributed by atoms with E-state index in [4.69, 9.17) is 10.2 Å². The van der Waals surface area contributed by atoms with Gasteiger partial charge in [-0.1, -0.05) is 0 Å². The highest BCUT2D eigenvalue weighted by molar-refractivity contribution is 6.00. The summed E-state index contributed by atoms with van der Waals surface area (Å²) in [6.45, 7) is -5.20. The van der Waals surface area contributed by atoms with Gasteiger partial charge in [-0.05, 0) is 48.6 Å². The molecular weight excluding hydrogens is 975 g/mol. The van der Waals surface area contributed by atoms with E-state index in [9.17, 15) is 20.4 Å². The van der Waals surface area contributed by atoms with Crippen molar-refractivity contribution in [3.05, 3.63) is 118 Å². The first-order chi connectivity index (χ1) is 33.8. The summed E-state index contributed by atoms with van der Waals surface area (Å²) in [4.78, 5) is 12.4. The SMILES string of the molecule is OC[C@@H](O)CNc1c(F)c(F)c(-c2c3nc(c(-c4c(F)c(F)c(NC[C@H](O)CO)c(F)c4F)c4ccc([nH]4)c4ccc([nH]4)c(-c4c(F)c(F)c(NC[C@H](O)CO)c(F)c4F)c4ccc2[nH]4)C=C3)c(F)c1F. The number of fused-ring (bicyclic) bond motifs is 9. The third kappa shape index (κ3) is 8.84. The van der Waals surface area contributed by atoms with E-state index >= 15 is 52.7 Å². The molecule has 374 valence electrons. The number of halogens is 12. The highest BCUT2D eigenvalue weighted by atomic mass is 19.2. The maximum Gasteiger partial charge on any atom is 0.185 e. The minimum Gasteiger partial charge on any atom is -0.394 e. The van der Waals surface area contributed by atoms with Crippen LogP contribution in [-0.2, 0) is 0 Å². The van der Waals surface area contributed by atoms with E-state index in [1.54, 1.807) is 0 Å². The number of aliphatic hydroxyl groups excluding tert-OH is 6. The Morgan fingerprint density at radius 1 is 0.352 bits per heavy atom. The van der Waals surface area contributed by atoms with Gasteiger partial charge in [0.05, 0.1) is 77.2 Å². The first-order valence-corrected chi connectivity index (χ1v) is 20.8. The number of nitrogens with zero attached hydrogens (tertiary/aromatic N) is 1. The third-order valence-electron chi connectivity index (χ3n) is 11.3. The molecular formula is C46H35F12N7O6. The molecule has 5 heterocycles. The third-order valence-corrected chi connectivity index (χ3v) is 11.3. The van der Waals surface area contributed by atoms with E-state index in [0.717, 1.165) is 36.4 Å². The fraction of sp³-hybridized carbons (Fsp3) is 0.196. The minimum atomic E-state index is -2.17. The summed E-state index contributed by atoms with van der Waals surface area (Å²) in [5, 5.41) is 62.6. The van der Waals surface area contributed by atoms with Crippen molar-refractivity contribution in [3.8, 4) is 33.4 Å². The fourth-order valence-electron chi connectivity index (χ4n) is 7.81. The zero-order valence-corrected chi connectivity index (χ0v) is 35.8. The van der Waals surface area contributed by atoms with Crippen molar-refractivity contribution in [3.63, 3.8) is 0 Å². The van der Waals surface area contributed by atoms with Crippen LogP contribution in [0.15, 0.2) is 36.4 Å². The molecule has 25 heteroatoms. The molecule has 12 N–H and O–H groups in total. The predicted octanol–water partition coefficient (Wildman–Crippen LogP) is 7.66. The van der Waals surface area contributed by atoms with Gasteiger partial charge in [-0.25, -0.2) is 57.7 Å². The zero-order valence-electron chi connectivity index (χ0n) is 35.8. The second-order valence-electron chi connectivity index (χ2n) is 15.9. The molecule has 4 aromatic heterocycles. The summed E-state index contributed by atoms with van der Waals surface area (Å²) >= 11 is 0. The van der Waals surface area contributed by atoms with Crippen molar-refractivity contribution in [1.29, 1.82) is 0 Å². The normalized spacial score (nSPS) is 13.3. The first-order valence-electron chi connectivity index (χ1n) is 20.8. The number of aromatic nitrogens is 4. The maximum absolute atomic E-state index is 16.5. The van der Waals surface area contributed by atoms with Crippen LogP contribution in [0.25, 0.3) is 78.6 Å². The second-order valence-corrected chi connectivity index (χ2v) is 15.9. The molecule has 7 aromatic rings. The van der Waals surface area contributed by atoms with Crippen LogP contribution in [0.4, 0.5) is 69.7 Å². The van der Waals surface area contributed by atoms with Crippen LogP contribution in [0.3, 0.4) is 0 Å². The molecule has 0 radical (unpaired) electrons. The largest absolute Gasteiger partial charge is 0.394 e. The van der Waals surface area contributed by atoms with E-state index in [2.05, 4.69) is 19.9 Å². The van der Waals surface area contributed by atoms with Crippen LogP contribution >= 0.6 is 0 Å².